The van der Waals surface area contributed by atoms with Crippen molar-refractivity contribution in [3.05, 3.63) is 34.1 Å². The van der Waals surface area contributed by atoms with E-state index in [4.69, 9.17) is 22.0 Å². The third-order valence-corrected chi connectivity index (χ3v) is 2.61. The Balaban J connectivity index is 3.16. The molecule has 2 atom stereocenters. The van der Waals surface area contributed by atoms with Crippen LogP contribution in [0.2, 0.25) is 5.02 Å². The van der Waals surface area contributed by atoms with E-state index in [1.54, 1.807) is 6.07 Å². The van der Waals surface area contributed by atoms with E-state index in [1.807, 2.05) is 0 Å². The van der Waals surface area contributed by atoms with E-state index in [2.05, 4.69) is 0 Å². The molecule has 96 valence electrons. The lowest BCUT2D eigenvalue weighted by Crippen LogP contribution is -2.19. The maximum absolute atomic E-state index is 13.6. The molecule has 0 spiro atoms. The van der Waals surface area contributed by atoms with E-state index in [9.17, 15) is 19.4 Å². The molecular weight excluding hydrogens is 265 g/mol. The highest BCUT2D eigenvalue weighted by Gasteiger charge is 2.24. The lowest BCUT2D eigenvalue weighted by Gasteiger charge is -2.17. The van der Waals surface area contributed by atoms with Crippen molar-refractivity contribution in [3.63, 3.8) is 0 Å². The van der Waals surface area contributed by atoms with Gasteiger partial charge < -0.3 is 15.3 Å². The molecule has 1 rings (SSSR count). The van der Waals surface area contributed by atoms with Crippen molar-refractivity contribution in [1.82, 2.24) is 0 Å². The first-order chi connectivity index (χ1) is 8.38. The molecule has 0 aliphatic carbocycles. The molecule has 0 aliphatic heterocycles. The number of carbonyl (C=O) groups is 1. The third-order valence-electron chi connectivity index (χ3n) is 2.30. The number of benzene rings is 1. The number of aliphatic hydroxyl groups is 2. The fourth-order valence-electron chi connectivity index (χ4n) is 1.37. The van der Waals surface area contributed by atoms with Gasteiger partial charge in [-0.3, -0.25) is 0 Å². The average Bonchev–Trinajstić information content (AvgIpc) is 2.30. The number of aliphatic hydroxyl groups excluding tert-OH is 2. The number of halogens is 2. The molecular formula is C11H9ClFNO4. The molecule has 3 N–H and O–H groups in total. The smallest absolute Gasteiger partial charge is 0.337 e. The number of nitrogens with zero attached hydrogens (tertiary/aromatic N) is 1. The molecule has 0 heterocycles. The Hall–Kier alpha value is -1.68. The molecule has 5 nitrogen and oxygen atoms in total. The largest absolute Gasteiger partial charge is 0.478 e. The van der Waals surface area contributed by atoms with E-state index in [1.165, 1.54) is 0 Å². The number of rotatable bonds is 4. The summed E-state index contributed by atoms with van der Waals surface area (Å²) in [6.07, 6.45) is -3.51. The molecule has 0 saturated carbocycles. The molecule has 0 aromatic heterocycles. The van der Waals surface area contributed by atoms with Crippen molar-refractivity contribution >= 4 is 17.6 Å². The van der Waals surface area contributed by atoms with Gasteiger partial charge in [0.2, 0.25) is 0 Å². The highest BCUT2D eigenvalue weighted by molar-refractivity contribution is 6.33. The van der Waals surface area contributed by atoms with Crippen LogP contribution in [0.25, 0.3) is 0 Å². The second-order valence-electron chi connectivity index (χ2n) is 3.53. The molecule has 7 heteroatoms. The monoisotopic (exact) mass is 273 g/mol. The molecule has 1 aromatic rings. The Labute approximate surface area is 107 Å². The number of carboxylic acid groups (broad SMARTS) is 1. The summed E-state index contributed by atoms with van der Waals surface area (Å²) in [7, 11) is 0. The van der Waals surface area contributed by atoms with Gasteiger partial charge in [0.15, 0.2) is 0 Å². The van der Waals surface area contributed by atoms with Crippen LogP contribution in [0.5, 0.6) is 0 Å². The summed E-state index contributed by atoms with van der Waals surface area (Å²) in [6, 6.07) is 3.20. The Morgan fingerprint density at radius 1 is 1.50 bits per heavy atom. The highest BCUT2D eigenvalue weighted by atomic mass is 35.5. The lowest BCUT2D eigenvalue weighted by atomic mass is 10.0. The Morgan fingerprint density at radius 3 is 2.61 bits per heavy atom. The summed E-state index contributed by atoms with van der Waals surface area (Å²) in [5, 5.41) is 35.8. The molecule has 2 unspecified atom stereocenters. The Morgan fingerprint density at radius 2 is 2.11 bits per heavy atom. The third kappa shape index (κ3) is 2.96. The van der Waals surface area contributed by atoms with Crippen molar-refractivity contribution in [2.24, 2.45) is 0 Å². The minimum absolute atomic E-state index is 0.262. The van der Waals surface area contributed by atoms with Crippen LogP contribution in [-0.4, -0.2) is 27.4 Å². The number of aromatic carboxylic acids is 1. The predicted octanol–water partition coefficient (Wildman–Crippen LogP) is 1.49. The van der Waals surface area contributed by atoms with Gasteiger partial charge in [0.1, 0.15) is 11.9 Å². The first-order valence-electron chi connectivity index (χ1n) is 4.83. The van der Waals surface area contributed by atoms with Crippen LogP contribution in [0.3, 0.4) is 0 Å². The first-order valence-corrected chi connectivity index (χ1v) is 5.21. The van der Waals surface area contributed by atoms with E-state index < -0.39 is 29.6 Å². The average molecular weight is 274 g/mol. The van der Waals surface area contributed by atoms with Gasteiger partial charge in [-0.05, 0) is 12.1 Å². The number of hydrogen-bond acceptors (Lipinski definition) is 4. The van der Waals surface area contributed by atoms with Crippen LogP contribution in [-0.2, 0) is 0 Å². The fourth-order valence-corrected chi connectivity index (χ4v) is 1.62. The standard InChI is InChI=1S/C11H9ClFNO4/c12-7-3-6(10(16)9(15)1-2-14)8(13)4-5(7)11(17)18/h3-4,9-10,15-16H,1H2,(H,17,18). The Bertz CT molecular complexity index is 515. The molecule has 0 bridgehead atoms. The number of hydrogen-bond donors (Lipinski definition) is 3. The zero-order chi connectivity index (χ0) is 13.9. The molecule has 0 amide bonds. The Kier molecular flexibility index (Phi) is 4.62. The summed E-state index contributed by atoms with van der Waals surface area (Å²) < 4.78 is 13.6. The summed E-state index contributed by atoms with van der Waals surface area (Å²) >= 11 is 5.62. The van der Waals surface area contributed by atoms with Crippen LogP contribution in [0.1, 0.15) is 28.4 Å². The van der Waals surface area contributed by atoms with Crippen molar-refractivity contribution in [2.45, 2.75) is 18.6 Å². The molecule has 1 aromatic carbocycles. The van der Waals surface area contributed by atoms with E-state index in [-0.39, 0.29) is 17.0 Å². The second-order valence-corrected chi connectivity index (χ2v) is 3.94. The van der Waals surface area contributed by atoms with Gasteiger partial charge in [0, 0.05) is 5.56 Å². The second kappa shape index (κ2) is 5.78. The summed E-state index contributed by atoms with van der Waals surface area (Å²) in [5.41, 5.74) is -0.798. The summed E-state index contributed by atoms with van der Waals surface area (Å²) in [5.74, 6) is -2.42. The van der Waals surface area contributed by atoms with Gasteiger partial charge in [0.05, 0.1) is 29.2 Å². The van der Waals surface area contributed by atoms with Gasteiger partial charge in [-0.15, -0.1) is 0 Å². The molecule has 0 saturated heterocycles. The quantitative estimate of drug-likeness (QED) is 0.771. The van der Waals surface area contributed by atoms with Crippen molar-refractivity contribution in [2.75, 3.05) is 0 Å². The van der Waals surface area contributed by atoms with Crippen LogP contribution >= 0.6 is 11.6 Å². The van der Waals surface area contributed by atoms with Gasteiger partial charge >= 0.3 is 5.97 Å². The van der Waals surface area contributed by atoms with E-state index in [0.29, 0.717) is 6.07 Å². The molecule has 0 aliphatic rings. The zero-order valence-corrected chi connectivity index (χ0v) is 9.73. The zero-order valence-electron chi connectivity index (χ0n) is 8.97. The van der Waals surface area contributed by atoms with Crippen LogP contribution < -0.4 is 0 Å². The van der Waals surface area contributed by atoms with Crippen LogP contribution in [0.15, 0.2) is 12.1 Å². The van der Waals surface area contributed by atoms with Gasteiger partial charge in [-0.25, -0.2) is 9.18 Å². The minimum atomic E-state index is -1.65. The highest BCUT2D eigenvalue weighted by Crippen LogP contribution is 2.27. The van der Waals surface area contributed by atoms with Gasteiger partial charge in [-0.1, -0.05) is 11.6 Å². The molecule has 0 radical (unpaired) electrons. The van der Waals surface area contributed by atoms with Crippen molar-refractivity contribution in [1.29, 1.82) is 5.26 Å². The van der Waals surface area contributed by atoms with Crippen molar-refractivity contribution < 1.29 is 24.5 Å². The van der Waals surface area contributed by atoms with Crippen LogP contribution in [0.4, 0.5) is 4.39 Å². The topological polar surface area (TPSA) is 102 Å². The first kappa shape index (κ1) is 14.4. The van der Waals surface area contributed by atoms with Crippen molar-refractivity contribution in [3.8, 4) is 6.07 Å². The molecule has 18 heavy (non-hydrogen) atoms. The maximum Gasteiger partial charge on any atom is 0.337 e. The van der Waals surface area contributed by atoms with E-state index >= 15 is 0 Å². The SMILES string of the molecule is N#CCC(O)C(O)c1cc(Cl)c(C(=O)O)cc1F. The van der Waals surface area contributed by atoms with Crippen LogP contribution in [0, 0.1) is 17.1 Å². The fraction of sp³-hybridized carbons (Fsp3) is 0.273. The van der Waals surface area contributed by atoms with E-state index in [0.717, 1.165) is 6.07 Å². The normalized spacial score (nSPS) is 13.7. The lowest BCUT2D eigenvalue weighted by molar-refractivity contribution is 0.0195. The number of carboxylic acids is 1. The van der Waals surface area contributed by atoms with Gasteiger partial charge in [0.25, 0.3) is 0 Å². The minimum Gasteiger partial charge on any atom is -0.478 e. The summed E-state index contributed by atoms with van der Waals surface area (Å²) in [4.78, 5) is 10.7. The number of nitriles is 1. The molecule has 0 fully saturated rings. The summed E-state index contributed by atoms with van der Waals surface area (Å²) in [6.45, 7) is 0. The predicted molar refractivity (Wildman–Crippen MR) is 59.6 cm³/mol. The van der Waals surface area contributed by atoms with Gasteiger partial charge in [-0.2, -0.15) is 5.26 Å². The maximum atomic E-state index is 13.6.